The summed E-state index contributed by atoms with van der Waals surface area (Å²) >= 11 is 2.79. The van der Waals surface area contributed by atoms with Crippen molar-refractivity contribution in [1.29, 1.82) is 0 Å². The van der Waals surface area contributed by atoms with Crippen LogP contribution >= 0.6 is 23.1 Å². The van der Waals surface area contributed by atoms with Crippen molar-refractivity contribution in [3.63, 3.8) is 0 Å². The summed E-state index contributed by atoms with van der Waals surface area (Å²) < 4.78 is 12.9. The Bertz CT molecular complexity index is 1280. The van der Waals surface area contributed by atoms with E-state index >= 15 is 0 Å². The van der Waals surface area contributed by atoms with E-state index in [0.717, 1.165) is 10.1 Å². The van der Waals surface area contributed by atoms with E-state index in [0.29, 0.717) is 22.9 Å². The number of para-hydroxylation sites is 1. The van der Waals surface area contributed by atoms with Gasteiger partial charge < -0.3 is 15.2 Å². The highest BCUT2D eigenvalue weighted by Gasteiger charge is 2.16. The highest BCUT2D eigenvalue weighted by atomic mass is 32.2. The number of fused-ring (bicyclic) bond motifs is 1. The zero-order valence-corrected chi connectivity index (χ0v) is 18.1. The second-order valence-electron chi connectivity index (χ2n) is 6.34. The fourth-order valence-electron chi connectivity index (χ4n) is 2.80. The minimum Gasteiger partial charge on any atom is -0.493 e. The molecule has 0 fully saturated rings. The number of ketones is 1. The standard InChI is InChI=1S/C21H18N4O4S2/c1-28-17-12-13(7-8-16(17)26)11-15-18(22)25-20(23-19(15)27)31-21(24-25)30-10-9-29-14-5-3-2-4-6-14/h2-8,11-12H,9-10,22H2,1H3. The van der Waals surface area contributed by atoms with Gasteiger partial charge in [0.1, 0.15) is 11.6 Å². The number of methoxy groups -OCH3 is 1. The predicted octanol–water partition coefficient (Wildman–Crippen LogP) is 2.96. The third-order valence-electron chi connectivity index (χ3n) is 4.29. The fraction of sp³-hybridized carbons (Fsp3) is 0.143. The average molecular weight is 455 g/mol. The number of anilines is 1. The van der Waals surface area contributed by atoms with E-state index in [9.17, 15) is 9.59 Å². The van der Waals surface area contributed by atoms with Crippen molar-refractivity contribution in [2.75, 3.05) is 25.2 Å². The molecule has 3 aromatic rings. The zero-order valence-electron chi connectivity index (χ0n) is 16.5. The lowest BCUT2D eigenvalue weighted by Gasteiger charge is -2.08. The molecule has 2 N–H and O–H groups in total. The lowest BCUT2D eigenvalue weighted by atomic mass is 10.0. The van der Waals surface area contributed by atoms with Crippen LogP contribution in [0.2, 0.25) is 0 Å². The van der Waals surface area contributed by atoms with Crippen molar-refractivity contribution in [1.82, 2.24) is 14.6 Å². The molecule has 8 nitrogen and oxygen atoms in total. The molecule has 0 spiro atoms. The molecule has 0 amide bonds. The average Bonchev–Trinajstić information content (AvgIpc) is 3.19. The monoisotopic (exact) mass is 454 g/mol. The number of hydrogen-bond acceptors (Lipinski definition) is 9. The number of carbonyl (C=O) groups excluding carboxylic acids is 1. The lowest BCUT2D eigenvalue weighted by Crippen LogP contribution is -2.17. The molecule has 0 atom stereocenters. The first-order valence-corrected chi connectivity index (χ1v) is 11.0. The van der Waals surface area contributed by atoms with E-state index in [4.69, 9.17) is 15.2 Å². The summed E-state index contributed by atoms with van der Waals surface area (Å²) in [6, 6.07) is 9.57. The van der Waals surface area contributed by atoms with Crippen molar-refractivity contribution in [3.05, 3.63) is 75.8 Å². The molecule has 0 unspecified atom stereocenters. The van der Waals surface area contributed by atoms with E-state index < -0.39 is 5.56 Å². The molecule has 1 aromatic carbocycles. The van der Waals surface area contributed by atoms with Gasteiger partial charge in [0.25, 0.3) is 5.56 Å². The molecule has 0 bridgehead atoms. The second-order valence-corrected chi connectivity index (χ2v) is 8.64. The fourth-order valence-corrected chi connectivity index (χ4v) is 4.63. The van der Waals surface area contributed by atoms with Crippen molar-refractivity contribution in [2.45, 2.75) is 4.34 Å². The first kappa shape index (κ1) is 20.9. The normalized spacial score (nSPS) is 14.8. The molecule has 2 heterocycles. The van der Waals surface area contributed by atoms with Gasteiger partial charge in [-0.1, -0.05) is 47.4 Å². The summed E-state index contributed by atoms with van der Waals surface area (Å²) in [5.74, 6) is 1.62. The Morgan fingerprint density at radius 2 is 2.03 bits per heavy atom. The van der Waals surface area contributed by atoms with Crippen molar-refractivity contribution in [3.8, 4) is 5.75 Å². The van der Waals surface area contributed by atoms with Gasteiger partial charge in [-0.3, -0.25) is 9.59 Å². The van der Waals surface area contributed by atoms with Crippen LogP contribution in [0.3, 0.4) is 0 Å². The topological polar surface area (TPSA) is 109 Å². The predicted molar refractivity (Wildman–Crippen MR) is 121 cm³/mol. The number of benzene rings is 1. The lowest BCUT2D eigenvalue weighted by molar-refractivity contribution is -0.114. The number of hydrogen-bond donors (Lipinski definition) is 1. The molecule has 158 valence electrons. The highest BCUT2D eigenvalue weighted by molar-refractivity contribution is 8.01. The molecule has 1 aliphatic carbocycles. The molecular weight excluding hydrogens is 436 g/mol. The number of aromatic nitrogens is 3. The molecule has 2 aromatic heterocycles. The van der Waals surface area contributed by atoms with Crippen LogP contribution in [0.4, 0.5) is 5.82 Å². The Morgan fingerprint density at radius 1 is 1.23 bits per heavy atom. The zero-order chi connectivity index (χ0) is 21.8. The molecule has 1 aliphatic rings. The molecular formula is C21H18N4O4S2. The first-order chi connectivity index (χ1) is 15.0. The number of nitrogens with zero attached hydrogens (tertiary/aromatic N) is 3. The van der Waals surface area contributed by atoms with E-state index in [2.05, 4.69) is 10.1 Å². The summed E-state index contributed by atoms with van der Waals surface area (Å²) in [6.45, 7) is 0.515. The van der Waals surface area contributed by atoms with Gasteiger partial charge in [-0.15, -0.1) is 5.10 Å². The largest absolute Gasteiger partial charge is 0.493 e. The van der Waals surface area contributed by atoms with Crippen LogP contribution in [0, 0.1) is 0 Å². The maximum atomic E-state index is 12.5. The van der Waals surface area contributed by atoms with E-state index in [1.165, 1.54) is 40.8 Å². The Labute approximate surface area is 185 Å². The Hall–Kier alpha value is -3.37. The van der Waals surface area contributed by atoms with Gasteiger partial charge in [0.2, 0.25) is 10.7 Å². The molecule has 10 heteroatoms. The van der Waals surface area contributed by atoms with E-state index in [1.54, 1.807) is 18.2 Å². The number of carbonyl (C=O) groups is 1. The number of rotatable bonds is 7. The van der Waals surface area contributed by atoms with Crippen molar-refractivity contribution >= 4 is 45.7 Å². The van der Waals surface area contributed by atoms with Crippen LogP contribution in [-0.2, 0) is 9.53 Å². The van der Waals surface area contributed by atoms with Crippen LogP contribution in [-0.4, -0.2) is 39.9 Å². The minimum atomic E-state index is -0.463. The SMILES string of the molecule is COC1=CC(=Cc2c(N)n3nc(SCCOc4ccccc4)sc3nc2=O)C=CC1=O. The maximum Gasteiger partial charge on any atom is 0.283 e. The summed E-state index contributed by atoms with van der Waals surface area (Å²) in [5.41, 5.74) is 6.56. The van der Waals surface area contributed by atoms with Gasteiger partial charge >= 0.3 is 0 Å². The summed E-state index contributed by atoms with van der Waals surface area (Å²) in [6.07, 6.45) is 6.08. The maximum absolute atomic E-state index is 12.5. The molecule has 4 rings (SSSR count). The van der Waals surface area contributed by atoms with E-state index in [1.807, 2.05) is 30.3 Å². The Morgan fingerprint density at radius 3 is 2.81 bits per heavy atom. The van der Waals surface area contributed by atoms with Crippen LogP contribution in [0.5, 0.6) is 5.75 Å². The molecule has 0 saturated heterocycles. The van der Waals surface area contributed by atoms with Gasteiger partial charge in [0.05, 0.1) is 19.3 Å². The number of thioether (sulfide) groups is 1. The van der Waals surface area contributed by atoms with Crippen LogP contribution < -0.4 is 16.0 Å². The second kappa shape index (κ2) is 9.19. The van der Waals surface area contributed by atoms with Gasteiger partial charge in [-0.05, 0) is 35.9 Å². The number of nitrogen functional groups attached to an aromatic ring is 1. The minimum absolute atomic E-state index is 0.184. The highest BCUT2D eigenvalue weighted by Crippen LogP contribution is 2.26. The van der Waals surface area contributed by atoms with Gasteiger partial charge in [0, 0.05) is 5.75 Å². The molecule has 0 radical (unpaired) electrons. The van der Waals surface area contributed by atoms with Crippen LogP contribution in [0.1, 0.15) is 5.56 Å². The third-order valence-corrected chi connectivity index (χ3v) is 6.30. The number of ether oxygens (including phenoxy) is 2. The van der Waals surface area contributed by atoms with Gasteiger partial charge in [-0.25, -0.2) is 0 Å². The molecule has 0 saturated carbocycles. The van der Waals surface area contributed by atoms with Gasteiger partial charge in [0.15, 0.2) is 10.1 Å². The quantitative estimate of drug-likeness (QED) is 0.429. The number of allylic oxidation sites excluding steroid dienone is 4. The Kier molecular flexibility index (Phi) is 6.19. The Balaban J connectivity index is 1.53. The summed E-state index contributed by atoms with van der Waals surface area (Å²) in [5, 5.41) is 4.47. The van der Waals surface area contributed by atoms with E-state index in [-0.39, 0.29) is 22.9 Å². The summed E-state index contributed by atoms with van der Waals surface area (Å²) in [7, 11) is 1.41. The summed E-state index contributed by atoms with van der Waals surface area (Å²) in [4.78, 5) is 28.7. The van der Waals surface area contributed by atoms with Crippen molar-refractivity contribution < 1.29 is 14.3 Å². The first-order valence-electron chi connectivity index (χ1n) is 9.25. The van der Waals surface area contributed by atoms with Gasteiger partial charge in [-0.2, -0.15) is 9.50 Å². The molecule has 31 heavy (non-hydrogen) atoms. The number of nitrogens with two attached hydrogens (primary N) is 1. The third kappa shape index (κ3) is 4.70. The van der Waals surface area contributed by atoms with Crippen molar-refractivity contribution in [2.24, 2.45) is 0 Å². The van der Waals surface area contributed by atoms with Crippen LogP contribution in [0.15, 0.2) is 69.0 Å². The smallest absolute Gasteiger partial charge is 0.283 e. The molecule has 0 aliphatic heterocycles. The van der Waals surface area contributed by atoms with Crippen LogP contribution in [0.25, 0.3) is 11.0 Å².